The summed E-state index contributed by atoms with van der Waals surface area (Å²) in [7, 11) is 0. The average Bonchev–Trinajstić information content (AvgIpc) is 3.42. The Labute approximate surface area is 463 Å². The van der Waals surface area contributed by atoms with Crippen LogP contribution in [0.1, 0.15) is 252 Å². The van der Waals surface area contributed by atoms with Gasteiger partial charge in [-0.3, -0.25) is 9.59 Å². The molecule has 1 fully saturated rings. The summed E-state index contributed by atoms with van der Waals surface area (Å²) in [5, 5.41) is 56.8. The molecule has 1 saturated heterocycles. The number of nitrogens with one attached hydrogen (secondary N) is 1. The zero-order valence-electron chi connectivity index (χ0n) is 48.3. The minimum atomic E-state index is -1.62. The number of allylic oxidation sites excluding steroid dienone is 13. The summed E-state index contributed by atoms with van der Waals surface area (Å²) in [6.45, 7) is 5.61. The molecule has 8 atom stereocenters. The van der Waals surface area contributed by atoms with Crippen LogP contribution >= 0.6 is 0 Å². The molecule has 0 spiro atoms. The van der Waals surface area contributed by atoms with Crippen LogP contribution in [0.25, 0.3) is 0 Å². The summed E-state index contributed by atoms with van der Waals surface area (Å²) in [5.41, 5.74) is 0. The summed E-state index contributed by atoms with van der Waals surface area (Å²) in [6, 6.07) is -1.03. The zero-order valence-corrected chi connectivity index (χ0v) is 48.3. The van der Waals surface area contributed by atoms with Crippen LogP contribution in [-0.2, 0) is 23.8 Å². The Kier molecular flexibility index (Phi) is 49.0. The van der Waals surface area contributed by atoms with Crippen LogP contribution in [-0.4, -0.2) is 99.6 Å². The zero-order chi connectivity index (χ0) is 55.4. The highest BCUT2D eigenvalue weighted by atomic mass is 16.7. The maximum absolute atomic E-state index is 13.3. The minimum Gasteiger partial charge on any atom is -0.454 e. The number of carbonyl (C=O) groups is 2. The van der Waals surface area contributed by atoms with Crippen LogP contribution in [0.4, 0.5) is 0 Å². The first-order valence-corrected chi connectivity index (χ1v) is 30.9. The third-order valence-electron chi connectivity index (χ3n) is 14.0. The Morgan fingerprint density at radius 2 is 0.961 bits per heavy atom. The van der Waals surface area contributed by atoms with Gasteiger partial charge in [-0.25, -0.2) is 0 Å². The third-order valence-corrected chi connectivity index (χ3v) is 14.0. The molecule has 0 saturated carbocycles. The second-order valence-corrected chi connectivity index (χ2v) is 21.0. The molecule has 1 aliphatic heterocycles. The van der Waals surface area contributed by atoms with Crippen LogP contribution in [0.2, 0.25) is 0 Å². The van der Waals surface area contributed by atoms with Gasteiger partial charge in [0.15, 0.2) is 12.4 Å². The van der Waals surface area contributed by atoms with Crippen molar-refractivity contribution in [3.8, 4) is 0 Å². The van der Waals surface area contributed by atoms with Crippen molar-refractivity contribution in [1.29, 1.82) is 0 Å². The van der Waals surface area contributed by atoms with Crippen molar-refractivity contribution in [2.75, 3.05) is 13.2 Å². The maximum atomic E-state index is 13.3. The van der Waals surface area contributed by atoms with Gasteiger partial charge in [0.1, 0.15) is 24.4 Å². The fraction of sp³-hybridized carbons (Fsp3) is 0.754. The molecule has 0 aromatic rings. The largest absolute Gasteiger partial charge is 0.454 e. The first-order chi connectivity index (χ1) is 37.2. The lowest BCUT2D eigenvalue weighted by Gasteiger charge is -2.41. The van der Waals surface area contributed by atoms with Gasteiger partial charge in [0.05, 0.1) is 25.4 Å². The Bertz CT molecular complexity index is 1560. The van der Waals surface area contributed by atoms with E-state index in [0.717, 1.165) is 116 Å². The fourth-order valence-corrected chi connectivity index (χ4v) is 9.13. The van der Waals surface area contributed by atoms with E-state index in [1.807, 2.05) is 6.08 Å². The molecule has 76 heavy (non-hydrogen) atoms. The van der Waals surface area contributed by atoms with Crippen molar-refractivity contribution >= 4 is 11.9 Å². The molecule has 11 nitrogen and oxygen atoms in total. The highest BCUT2D eigenvalue weighted by Gasteiger charge is 2.47. The monoisotopic (exact) mass is 1070 g/mol. The van der Waals surface area contributed by atoms with E-state index >= 15 is 0 Å². The van der Waals surface area contributed by atoms with Crippen molar-refractivity contribution in [2.24, 2.45) is 0 Å². The smallest absolute Gasteiger partial charge is 0.306 e. The quantitative estimate of drug-likeness (QED) is 0.0195. The van der Waals surface area contributed by atoms with Crippen LogP contribution < -0.4 is 5.32 Å². The molecule has 0 aromatic carbocycles. The first kappa shape index (κ1) is 70.9. The maximum Gasteiger partial charge on any atom is 0.306 e. The Morgan fingerprint density at radius 3 is 1.47 bits per heavy atom. The average molecular weight is 1070 g/mol. The number of rotatable bonds is 51. The van der Waals surface area contributed by atoms with Gasteiger partial charge in [0.2, 0.25) is 5.91 Å². The van der Waals surface area contributed by atoms with E-state index in [1.54, 1.807) is 6.08 Å². The first-order valence-electron chi connectivity index (χ1n) is 30.9. The number of hydrogen-bond donors (Lipinski definition) is 6. The van der Waals surface area contributed by atoms with Gasteiger partial charge in [-0.1, -0.05) is 241 Å². The molecular weight excluding hydrogens is 955 g/mol. The van der Waals surface area contributed by atoms with E-state index in [9.17, 15) is 35.1 Å². The molecule has 8 unspecified atom stereocenters. The fourth-order valence-electron chi connectivity index (χ4n) is 9.13. The van der Waals surface area contributed by atoms with Gasteiger partial charge in [-0.15, -0.1) is 0 Å². The molecule has 6 N–H and O–H groups in total. The topological polar surface area (TPSA) is 175 Å². The van der Waals surface area contributed by atoms with E-state index in [0.29, 0.717) is 12.8 Å². The van der Waals surface area contributed by atoms with Gasteiger partial charge in [0, 0.05) is 6.42 Å². The molecule has 438 valence electrons. The highest BCUT2D eigenvalue weighted by molar-refractivity contribution is 5.80. The van der Waals surface area contributed by atoms with E-state index in [-0.39, 0.29) is 19.4 Å². The van der Waals surface area contributed by atoms with Gasteiger partial charge in [-0.05, 0) is 89.9 Å². The van der Waals surface area contributed by atoms with E-state index in [1.165, 1.54) is 89.9 Å². The van der Waals surface area contributed by atoms with Crippen molar-refractivity contribution < 1.29 is 49.3 Å². The van der Waals surface area contributed by atoms with Crippen molar-refractivity contribution in [3.63, 3.8) is 0 Å². The second kappa shape index (κ2) is 52.5. The van der Waals surface area contributed by atoms with Gasteiger partial charge in [0.25, 0.3) is 0 Å². The van der Waals surface area contributed by atoms with Crippen LogP contribution in [0.5, 0.6) is 0 Å². The lowest BCUT2D eigenvalue weighted by Crippen LogP contribution is -2.61. The third kappa shape index (κ3) is 40.1. The number of unbranched alkanes of at least 4 members (excludes halogenated alkanes) is 25. The van der Waals surface area contributed by atoms with Crippen LogP contribution in [0.15, 0.2) is 85.1 Å². The molecule has 0 radical (unpaired) electrons. The van der Waals surface area contributed by atoms with E-state index in [2.05, 4.69) is 99.0 Å². The number of carbonyl (C=O) groups excluding carboxylic acids is 2. The minimum absolute atomic E-state index is 0.112. The SMILES string of the molecule is CC/C=C\C/C=C\C/C=C\C/C=C\C/C=C\CCCCCCCCCCCC(=O)OC1C(OCC(NC(=O)C(O)CCCCCC/C=C\CCCC)C(O)/C=C/CCCCCCCCCCCC)OC(CO)C(O)C1O. The molecule has 1 aliphatic rings. The second-order valence-electron chi connectivity index (χ2n) is 21.0. The molecule has 1 heterocycles. The van der Waals surface area contributed by atoms with Crippen molar-refractivity contribution in [2.45, 2.75) is 301 Å². The van der Waals surface area contributed by atoms with Crippen molar-refractivity contribution in [1.82, 2.24) is 5.32 Å². The summed E-state index contributed by atoms with van der Waals surface area (Å²) in [5.74, 6) is -1.21. The highest BCUT2D eigenvalue weighted by Crippen LogP contribution is 2.26. The predicted octanol–water partition coefficient (Wildman–Crippen LogP) is 14.6. The summed E-state index contributed by atoms with van der Waals surface area (Å²) < 4.78 is 17.6. The van der Waals surface area contributed by atoms with E-state index in [4.69, 9.17) is 14.2 Å². The lowest BCUT2D eigenvalue weighted by atomic mass is 9.99. The van der Waals surface area contributed by atoms with Gasteiger partial charge in [-0.2, -0.15) is 0 Å². The van der Waals surface area contributed by atoms with Gasteiger partial charge < -0.3 is 45.1 Å². The number of aliphatic hydroxyl groups excluding tert-OH is 5. The van der Waals surface area contributed by atoms with Gasteiger partial charge >= 0.3 is 5.97 Å². The Morgan fingerprint density at radius 1 is 0.526 bits per heavy atom. The molecule has 0 aromatic heterocycles. The number of hydrogen-bond acceptors (Lipinski definition) is 10. The molecule has 11 heteroatoms. The standard InChI is InChI=1S/C65H113NO10/c1-4-7-10-13-16-19-22-24-25-26-27-28-29-30-31-32-33-34-35-36-38-41-44-47-50-53-60(70)76-63-62(72)61(71)59(54-67)75-65(63)74-55-56(57(68)51-48-45-42-40-37-23-20-17-14-11-8-5-2)66-64(73)58(69)52-49-46-43-39-21-18-15-12-9-6-3/h7,10,15-16,18-19,24-25,27-28,30-31,48,51,56-59,61-63,65,67-69,71-72H,4-6,8-9,11-14,17,20-23,26,29,32-47,49-50,52-55H2,1-3H3,(H,66,73)/b10-7-,18-15-,19-16-,25-24-,28-27-,31-30-,51-48+. The normalized spacial score (nSPS) is 19.7. The lowest BCUT2D eigenvalue weighted by molar-refractivity contribution is -0.305. The van der Waals surface area contributed by atoms with E-state index < -0.39 is 67.4 Å². The summed E-state index contributed by atoms with van der Waals surface area (Å²) >= 11 is 0. The summed E-state index contributed by atoms with van der Waals surface area (Å²) in [4.78, 5) is 26.5. The number of ether oxygens (including phenoxy) is 3. The molecule has 1 rings (SSSR count). The molecule has 1 amide bonds. The number of amides is 1. The predicted molar refractivity (Wildman–Crippen MR) is 315 cm³/mol. The summed E-state index contributed by atoms with van der Waals surface area (Å²) in [6.07, 6.45) is 57.8. The molecule has 0 bridgehead atoms. The Balaban J connectivity index is 2.60. The molecular formula is C65H113NO10. The van der Waals surface area contributed by atoms with Crippen LogP contribution in [0, 0.1) is 0 Å². The number of esters is 1. The number of aliphatic hydroxyl groups is 5. The Hall–Kier alpha value is -3.16. The van der Waals surface area contributed by atoms with Crippen LogP contribution in [0.3, 0.4) is 0 Å². The molecule has 0 aliphatic carbocycles. The van der Waals surface area contributed by atoms with Crippen molar-refractivity contribution in [3.05, 3.63) is 85.1 Å².